The van der Waals surface area contributed by atoms with E-state index >= 15 is 0 Å². The van der Waals surface area contributed by atoms with Gasteiger partial charge >= 0.3 is 0 Å². The minimum atomic E-state index is -0.0919. The first-order valence-electron chi connectivity index (χ1n) is 9.75. The van der Waals surface area contributed by atoms with E-state index in [9.17, 15) is 4.79 Å². The lowest BCUT2D eigenvalue weighted by molar-refractivity contribution is -0.113. The molecular weight excluding hydrogens is 414 g/mol. The highest BCUT2D eigenvalue weighted by molar-refractivity contribution is 7.99. The lowest BCUT2D eigenvalue weighted by Crippen LogP contribution is -2.25. The maximum atomic E-state index is 12.6. The van der Waals surface area contributed by atoms with Crippen LogP contribution in [0.15, 0.2) is 47.6 Å². The summed E-state index contributed by atoms with van der Waals surface area (Å²) < 4.78 is 0. The van der Waals surface area contributed by atoms with Crippen LogP contribution in [0.4, 0.5) is 11.5 Å². The van der Waals surface area contributed by atoms with Gasteiger partial charge in [-0.1, -0.05) is 48.2 Å². The molecule has 3 heterocycles. The van der Waals surface area contributed by atoms with Gasteiger partial charge in [0.25, 0.3) is 0 Å². The van der Waals surface area contributed by atoms with E-state index in [1.165, 1.54) is 22.2 Å². The number of aromatic nitrogens is 2. The molecule has 4 aromatic rings. The van der Waals surface area contributed by atoms with Gasteiger partial charge in [0.2, 0.25) is 5.91 Å². The van der Waals surface area contributed by atoms with Crippen LogP contribution in [-0.4, -0.2) is 40.1 Å². The highest BCUT2D eigenvalue weighted by Crippen LogP contribution is 2.37. The maximum absolute atomic E-state index is 12.6. The molecule has 0 radical (unpaired) electrons. The van der Waals surface area contributed by atoms with E-state index in [1.54, 1.807) is 11.3 Å². The number of carbonyl (C=O) groups excluding carboxylic acids is 1. The summed E-state index contributed by atoms with van der Waals surface area (Å²) in [6.45, 7) is 1.94. The van der Waals surface area contributed by atoms with Crippen LogP contribution in [0.3, 0.4) is 0 Å². The van der Waals surface area contributed by atoms with Gasteiger partial charge in [-0.3, -0.25) is 4.79 Å². The van der Waals surface area contributed by atoms with Gasteiger partial charge in [-0.25, -0.2) is 9.97 Å². The van der Waals surface area contributed by atoms with E-state index in [4.69, 9.17) is 5.73 Å². The number of hydrogen-bond donors (Lipinski definition) is 2. The number of nitrogen functional groups attached to an aromatic ring is 1. The Kier molecular flexibility index (Phi) is 5.06. The van der Waals surface area contributed by atoms with Gasteiger partial charge in [0.1, 0.15) is 10.6 Å². The van der Waals surface area contributed by atoms with Crippen molar-refractivity contribution >= 4 is 61.5 Å². The summed E-state index contributed by atoms with van der Waals surface area (Å²) in [7, 11) is 2.12. The second-order valence-electron chi connectivity index (χ2n) is 7.43. The predicted octanol–water partition coefficient (Wildman–Crippen LogP) is 4.15. The third-order valence-corrected chi connectivity index (χ3v) is 7.25. The van der Waals surface area contributed by atoms with Crippen molar-refractivity contribution in [2.24, 2.45) is 0 Å². The number of benzene rings is 2. The molecule has 0 aliphatic carbocycles. The van der Waals surface area contributed by atoms with Crippen LogP contribution in [-0.2, 0) is 17.8 Å². The summed E-state index contributed by atoms with van der Waals surface area (Å²) in [5.41, 5.74) is 8.38. The number of fused-ring (bicyclic) bond motifs is 4. The number of amides is 1. The maximum Gasteiger partial charge on any atom is 0.234 e. The molecule has 8 heteroatoms. The Labute approximate surface area is 182 Å². The van der Waals surface area contributed by atoms with Crippen molar-refractivity contribution in [2.45, 2.75) is 18.1 Å². The number of anilines is 2. The average Bonchev–Trinajstić information content (AvgIpc) is 3.10. The van der Waals surface area contributed by atoms with E-state index < -0.39 is 0 Å². The molecule has 6 nitrogen and oxygen atoms in total. The van der Waals surface area contributed by atoms with Crippen molar-refractivity contribution in [3.8, 4) is 0 Å². The van der Waals surface area contributed by atoms with Gasteiger partial charge in [-0.15, -0.1) is 11.3 Å². The summed E-state index contributed by atoms with van der Waals surface area (Å²) in [4.78, 5) is 26.2. The van der Waals surface area contributed by atoms with Crippen LogP contribution in [0.25, 0.3) is 21.0 Å². The molecule has 3 N–H and O–H groups in total. The molecule has 0 unspecified atom stereocenters. The Morgan fingerprint density at radius 2 is 2.07 bits per heavy atom. The quantitative estimate of drug-likeness (QED) is 0.370. The molecule has 0 bridgehead atoms. The van der Waals surface area contributed by atoms with Gasteiger partial charge in [0, 0.05) is 29.0 Å². The molecule has 0 saturated heterocycles. The number of nitrogens with one attached hydrogen (secondary N) is 1. The topological polar surface area (TPSA) is 84.1 Å². The van der Waals surface area contributed by atoms with Crippen molar-refractivity contribution in [3.05, 3.63) is 52.9 Å². The van der Waals surface area contributed by atoms with Crippen molar-refractivity contribution in [2.75, 3.05) is 30.4 Å². The van der Waals surface area contributed by atoms with Crippen LogP contribution in [0.2, 0.25) is 0 Å². The molecule has 0 atom stereocenters. The smallest absolute Gasteiger partial charge is 0.234 e. The molecular formula is C22H21N5OS2. The third kappa shape index (κ3) is 3.62. The normalized spacial score (nSPS) is 14.2. The number of thiophene rings is 1. The monoisotopic (exact) mass is 435 g/mol. The van der Waals surface area contributed by atoms with E-state index in [0.717, 1.165) is 46.2 Å². The highest BCUT2D eigenvalue weighted by Gasteiger charge is 2.22. The van der Waals surface area contributed by atoms with Crippen LogP contribution in [0.1, 0.15) is 10.4 Å². The van der Waals surface area contributed by atoms with Crippen molar-refractivity contribution < 1.29 is 4.79 Å². The standard InChI is InChI=1S/C22H21N5OS2/c1-27-10-9-15-17(11-27)30-21-19(15)20(23)25-22(26-21)29-12-18(28)24-16-8-4-6-13-5-2-3-7-14(13)16/h2-8H,9-12H2,1H3,(H,24,28)(H2,23,25,26). The summed E-state index contributed by atoms with van der Waals surface area (Å²) >= 11 is 2.99. The van der Waals surface area contributed by atoms with Crippen LogP contribution in [0, 0.1) is 0 Å². The first-order chi connectivity index (χ1) is 14.6. The van der Waals surface area contributed by atoms with E-state index in [-0.39, 0.29) is 11.7 Å². The number of likely N-dealkylation sites (N-methyl/N-ethyl adjacent to an activating group) is 1. The van der Waals surface area contributed by atoms with Gasteiger partial charge in [-0.05, 0) is 30.5 Å². The number of thioether (sulfide) groups is 1. The molecule has 0 spiro atoms. The predicted molar refractivity (Wildman–Crippen MR) is 125 cm³/mol. The minimum absolute atomic E-state index is 0.0919. The Bertz CT molecular complexity index is 1260. The molecule has 0 saturated carbocycles. The van der Waals surface area contributed by atoms with Gasteiger partial charge in [0.05, 0.1) is 11.1 Å². The van der Waals surface area contributed by atoms with E-state index in [1.807, 2.05) is 42.5 Å². The van der Waals surface area contributed by atoms with Gasteiger partial charge in [0.15, 0.2) is 5.16 Å². The molecule has 1 amide bonds. The van der Waals surface area contributed by atoms with Gasteiger partial charge in [-0.2, -0.15) is 0 Å². The fourth-order valence-corrected chi connectivity index (χ4v) is 5.86. The number of nitrogens with two attached hydrogens (primary N) is 1. The Morgan fingerprint density at radius 1 is 1.23 bits per heavy atom. The zero-order chi connectivity index (χ0) is 20.7. The molecule has 152 valence electrons. The first kappa shape index (κ1) is 19.3. The third-order valence-electron chi connectivity index (χ3n) is 5.29. The van der Waals surface area contributed by atoms with Crippen molar-refractivity contribution in [1.29, 1.82) is 0 Å². The first-order valence-corrected chi connectivity index (χ1v) is 11.6. The Hall–Kier alpha value is -2.68. The molecule has 0 fully saturated rings. The molecule has 2 aromatic heterocycles. The fraction of sp³-hybridized carbons (Fsp3) is 0.227. The van der Waals surface area contributed by atoms with Crippen LogP contribution < -0.4 is 11.1 Å². The van der Waals surface area contributed by atoms with E-state index in [0.29, 0.717) is 11.0 Å². The molecule has 1 aliphatic heterocycles. The van der Waals surface area contributed by atoms with Crippen LogP contribution >= 0.6 is 23.1 Å². The van der Waals surface area contributed by atoms with Crippen molar-refractivity contribution in [1.82, 2.24) is 14.9 Å². The number of carbonyl (C=O) groups is 1. The van der Waals surface area contributed by atoms with Crippen molar-refractivity contribution in [3.63, 3.8) is 0 Å². The molecule has 30 heavy (non-hydrogen) atoms. The lowest BCUT2D eigenvalue weighted by atomic mass is 10.1. The summed E-state index contributed by atoms with van der Waals surface area (Å²) in [6, 6.07) is 13.9. The Balaban J connectivity index is 1.33. The summed E-state index contributed by atoms with van der Waals surface area (Å²) in [5, 5.41) is 6.65. The summed E-state index contributed by atoms with van der Waals surface area (Å²) in [5.74, 6) is 0.645. The lowest BCUT2D eigenvalue weighted by Gasteiger charge is -2.22. The molecule has 5 rings (SSSR count). The van der Waals surface area contributed by atoms with Gasteiger partial charge < -0.3 is 16.0 Å². The average molecular weight is 436 g/mol. The summed E-state index contributed by atoms with van der Waals surface area (Å²) in [6.07, 6.45) is 0.972. The second kappa shape index (κ2) is 7.86. The SMILES string of the molecule is CN1CCc2c(sc3nc(SCC(=O)Nc4cccc5ccccc45)nc(N)c23)C1. The molecule has 2 aromatic carbocycles. The number of hydrogen-bond acceptors (Lipinski definition) is 7. The zero-order valence-corrected chi connectivity index (χ0v) is 18.1. The van der Waals surface area contributed by atoms with E-state index in [2.05, 4.69) is 27.2 Å². The second-order valence-corrected chi connectivity index (χ2v) is 9.45. The Morgan fingerprint density at radius 3 is 2.97 bits per heavy atom. The fourth-order valence-electron chi connectivity index (χ4n) is 3.85. The largest absolute Gasteiger partial charge is 0.383 e. The highest BCUT2D eigenvalue weighted by atomic mass is 32.2. The number of rotatable bonds is 4. The van der Waals surface area contributed by atoms with Crippen LogP contribution in [0.5, 0.6) is 0 Å². The zero-order valence-electron chi connectivity index (χ0n) is 16.5. The number of nitrogens with zero attached hydrogens (tertiary/aromatic N) is 3. The minimum Gasteiger partial charge on any atom is -0.383 e. The molecule has 1 aliphatic rings.